The van der Waals surface area contributed by atoms with Gasteiger partial charge in [0.1, 0.15) is 5.75 Å². The van der Waals surface area contributed by atoms with Crippen molar-refractivity contribution in [3.63, 3.8) is 0 Å². The van der Waals surface area contributed by atoms with E-state index in [4.69, 9.17) is 16.3 Å². The highest BCUT2D eigenvalue weighted by Crippen LogP contribution is 2.22. The van der Waals surface area contributed by atoms with E-state index < -0.39 is 0 Å². The largest absolute Gasteiger partial charge is 0.485 e. The molecule has 0 N–H and O–H groups in total. The molecular weight excluding hydrogens is 284 g/mol. The summed E-state index contributed by atoms with van der Waals surface area (Å²) in [6.45, 7) is 1.41. The molecule has 0 bridgehead atoms. The summed E-state index contributed by atoms with van der Waals surface area (Å²) in [5, 5.41) is 0. The zero-order chi connectivity index (χ0) is 13.8. The molecule has 0 aliphatic heterocycles. The van der Waals surface area contributed by atoms with Crippen LogP contribution in [0.4, 0.5) is 0 Å². The van der Waals surface area contributed by atoms with Crippen molar-refractivity contribution in [1.29, 1.82) is 0 Å². The zero-order valence-electron chi connectivity index (χ0n) is 10.2. The fraction of sp³-hybridized carbons (Fsp3) is 0.143. The topological polar surface area (TPSA) is 43.4 Å². The maximum absolute atomic E-state index is 11.8. The predicted molar refractivity (Wildman–Crippen MR) is 75.6 cm³/mol. The van der Waals surface area contributed by atoms with Crippen LogP contribution in [0.5, 0.6) is 5.75 Å². The SMILES string of the molecule is CC(=O)c1cccc(OCC(=O)c2ccc(Cl)s2)c1. The molecule has 0 aliphatic carbocycles. The standard InChI is InChI=1S/C14H11ClO3S/c1-9(16)10-3-2-4-11(7-10)18-8-12(17)13-5-6-14(15)19-13/h2-7H,8H2,1H3. The van der Waals surface area contributed by atoms with Crippen molar-refractivity contribution in [1.82, 2.24) is 0 Å². The Morgan fingerprint density at radius 3 is 2.68 bits per heavy atom. The van der Waals surface area contributed by atoms with Crippen molar-refractivity contribution in [3.8, 4) is 5.75 Å². The second-order valence-corrected chi connectivity index (χ2v) is 5.61. The van der Waals surface area contributed by atoms with Crippen LogP contribution in [0.15, 0.2) is 36.4 Å². The lowest BCUT2D eigenvalue weighted by Gasteiger charge is -2.05. The number of carbonyl (C=O) groups excluding carboxylic acids is 2. The summed E-state index contributed by atoms with van der Waals surface area (Å²) in [6, 6.07) is 10.1. The van der Waals surface area contributed by atoms with Crippen LogP contribution in [-0.2, 0) is 0 Å². The monoisotopic (exact) mass is 294 g/mol. The van der Waals surface area contributed by atoms with Crippen molar-refractivity contribution < 1.29 is 14.3 Å². The van der Waals surface area contributed by atoms with Crippen LogP contribution in [-0.4, -0.2) is 18.2 Å². The molecule has 1 aromatic heterocycles. The van der Waals surface area contributed by atoms with Gasteiger partial charge >= 0.3 is 0 Å². The van der Waals surface area contributed by atoms with E-state index in [1.807, 2.05) is 0 Å². The smallest absolute Gasteiger partial charge is 0.210 e. The molecule has 0 fully saturated rings. The number of benzene rings is 1. The number of hydrogen-bond acceptors (Lipinski definition) is 4. The van der Waals surface area contributed by atoms with Gasteiger partial charge in [0.2, 0.25) is 5.78 Å². The van der Waals surface area contributed by atoms with Crippen LogP contribution < -0.4 is 4.74 Å². The first-order valence-electron chi connectivity index (χ1n) is 5.58. The van der Waals surface area contributed by atoms with Gasteiger partial charge in [-0.2, -0.15) is 0 Å². The van der Waals surface area contributed by atoms with E-state index in [0.717, 1.165) is 0 Å². The van der Waals surface area contributed by atoms with Gasteiger partial charge in [-0.05, 0) is 31.2 Å². The van der Waals surface area contributed by atoms with Crippen LogP contribution in [0, 0.1) is 0 Å². The summed E-state index contributed by atoms with van der Waals surface area (Å²) in [5.41, 5.74) is 0.559. The Labute approximate surface area is 119 Å². The third kappa shape index (κ3) is 3.66. The van der Waals surface area contributed by atoms with E-state index in [1.54, 1.807) is 36.4 Å². The van der Waals surface area contributed by atoms with Gasteiger partial charge in [0.15, 0.2) is 12.4 Å². The maximum Gasteiger partial charge on any atom is 0.210 e. The third-order valence-corrected chi connectivity index (χ3v) is 3.73. The van der Waals surface area contributed by atoms with Crippen LogP contribution in [0.3, 0.4) is 0 Å². The van der Waals surface area contributed by atoms with E-state index in [0.29, 0.717) is 20.5 Å². The van der Waals surface area contributed by atoms with Gasteiger partial charge in [-0.1, -0.05) is 23.7 Å². The number of halogens is 1. The lowest BCUT2D eigenvalue weighted by atomic mass is 10.1. The molecule has 2 rings (SSSR count). The Kier molecular flexibility index (Phi) is 4.35. The molecule has 1 heterocycles. The first-order chi connectivity index (χ1) is 9.06. The molecule has 3 nitrogen and oxygen atoms in total. The molecule has 0 aliphatic rings. The van der Waals surface area contributed by atoms with Crippen LogP contribution in [0.25, 0.3) is 0 Å². The van der Waals surface area contributed by atoms with Crippen LogP contribution >= 0.6 is 22.9 Å². The molecule has 0 saturated heterocycles. The molecule has 5 heteroatoms. The van der Waals surface area contributed by atoms with Gasteiger partial charge < -0.3 is 4.74 Å². The summed E-state index contributed by atoms with van der Waals surface area (Å²) >= 11 is 6.99. The van der Waals surface area contributed by atoms with E-state index in [2.05, 4.69) is 0 Å². The Hall–Kier alpha value is -1.65. The lowest BCUT2D eigenvalue weighted by molar-refractivity contribution is 0.0925. The molecule has 0 atom stereocenters. The van der Waals surface area contributed by atoms with Crippen LogP contribution in [0.2, 0.25) is 4.34 Å². The molecule has 0 amide bonds. The van der Waals surface area contributed by atoms with Crippen molar-refractivity contribution in [2.24, 2.45) is 0 Å². The Bertz CT molecular complexity index is 619. The minimum atomic E-state index is -0.134. The van der Waals surface area contributed by atoms with E-state index in [9.17, 15) is 9.59 Å². The summed E-state index contributed by atoms with van der Waals surface area (Å²) < 4.78 is 5.96. The number of thiophene rings is 1. The molecule has 0 radical (unpaired) electrons. The van der Waals surface area contributed by atoms with Crippen molar-refractivity contribution in [2.45, 2.75) is 6.92 Å². The molecule has 0 unspecified atom stereocenters. The summed E-state index contributed by atoms with van der Waals surface area (Å²) in [6.07, 6.45) is 0. The van der Waals surface area contributed by atoms with Gasteiger partial charge in [0.05, 0.1) is 9.21 Å². The quantitative estimate of drug-likeness (QED) is 0.786. The van der Waals surface area contributed by atoms with E-state index in [-0.39, 0.29) is 18.2 Å². The second-order valence-electron chi connectivity index (χ2n) is 3.90. The molecule has 0 spiro atoms. The third-order valence-electron chi connectivity index (χ3n) is 2.46. The van der Waals surface area contributed by atoms with E-state index >= 15 is 0 Å². The summed E-state index contributed by atoms with van der Waals surface area (Å²) in [7, 11) is 0. The number of Topliss-reactive ketones (excluding diaryl/α,β-unsaturated/α-hetero) is 2. The normalized spacial score (nSPS) is 10.2. The number of carbonyl (C=O) groups is 2. The fourth-order valence-electron chi connectivity index (χ4n) is 1.49. The Morgan fingerprint density at radius 1 is 1.26 bits per heavy atom. The molecule has 98 valence electrons. The van der Waals surface area contributed by atoms with E-state index in [1.165, 1.54) is 18.3 Å². The minimum Gasteiger partial charge on any atom is -0.485 e. The second kappa shape index (κ2) is 5.99. The van der Waals surface area contributed by atoms with Gasteiger partial charge in [-0.25, -0.2) is 0 Å². The lowest BCUT2D eigenvalue weighted by Crippen LogP contribution is -2.10. The number of ketones is 2. The highest BCUT2D eigenvalue weighted by Gasteiger charge is 2.10. The molecule has 1 aromatic carbocycles. The Morgan fingerprint density at radius 2 is 2.05 bits per heavy atom. The highest BCUT2D eigenvalue weighted by atomic mass is 35.5. The van der Waals surface area contributed by atoms with Gasteiger partial charge in [0.25, 0.3) is 0 Å². The Balaban J connectivity index is 2.01. The zero-order valence-corrected chi connectivity index (χ0v) is 11.8. The van der Waals surface area contributed by atoms with Crippen molar-refractivity contribution in [2.75, 3.05) is 6.61 Å². The summed E-state index contributed by atoms with van der Waals surface area (Å²) in [4.78, 5) is 23.6. The maximum atomic E-state index is 11.8. The number of rotatable bonds is 5. The molecule has 0 saturated carbocycles. The number of ether oxygens (including phenoxy) is 1. The minimum absolute atomic E-state index is 0.0400. The average Bonchev–Trinajstić information content (AvgIpc) is 2.83. The average molecular weight is 295 g/mol. The first-order valence-corrected chi connectivity index (χ1v) is 6.78. The first kappa shape index (κ1) is 13.8. The van der Waals surface area contributed by atoms with Gasteiger partial charge in [-0.15, -0.1) is 11.3 Å². The number of hydrogen-bond donors (Lipinski definition) is 0. The van der Waals surface area contributed by atoms with Gasteiger partial charge in [-0.3, -0.25) is 9.59 Å². The van der Waals surface area contributed by atoms with Crippen molar-refractivity contribution in [3.05, 3.63) is 51.2 Å². The summed E-state index contributed by atoms with van der Waals surface area (Å²) in [5.74, 6) is 0.329. The molecule has 19 heavy (non-hydrogen) atoms. The van der Waals surface area contributed by atoms with Gasteiger partial charge in [0, 0.05) is 5.56 Å². The van der Waals surface area contributed by atoms with Crippen LogP contribution in [0.1, 0.15) is 27.0 Å². The highest BCUT2D eigenvalue weighted by molar-refractivity contribution is 7.18. The fourth-order valence-corrected chi connectivity index (χ4v) is 2.46. The van der Waals surface area contributed by atoms with Crippen molar-refractivity contribution >= 4 is 34.5 Å². The molecule has 2 aromatic rings. The molecular formula is C14H11ClO3S. The predicted octanol–water partition coefficient (Wildman–Crippen LogP) is 3.87.